The second-order valence-corrected chi connectivity index (χ2v) is 8.63. The maximum Gasteiger partial charge on any atom is 0.343 e. The molecule has 0 atom stereocenters. The summed E-state index contributed by atoms with van der Waals surface area (Å²) in [5.74, 6) is 0.755. The topological polar surface area (TPSA) is 71.1 Å². The smallest absolute Gasteiger partial charge is 0.343 e. The molecule has 0 spiro atoms. The van der Waals surface area contributed by atoms with Crippen molar-refractivity contribution in [1.29, 1.82) is 0 Å². The van der Waals surface area contributed by atoms with Gasteiger partial charge in [-0.15, -0.1) is 0 Å². The third-order valence-corrected chi connectivity index (χ3v) is 6.18. The molecule has 37 heavy (non-hydrogen) atoms. The standard InChI is InChI=1S/C30H21ClO6/c1-34-24-9-7-18-13-22(5-3-20(18)15-24)29(32)36-26-11-12-28(27(31)17-26)37-30(33)23-6-4-21-16-25(35-2)10-8-19(21)14-23/h3-17H,1-2H3. The van der Waals surface area contributed by atoms with Crippen molar-refractivity contribution in [3.05, 3.63) is 107 Å². The molecule has 0 aliphatic rings. The van der Waals surface area contributed by atoms with Crippen LogP contribution in [0.25, 0.3) is 21.5 Å². The summed E-state index contributed by atoms with van der Waals surface area (Å²) in [6, 6.07) is 26.1. The molecule has 0 N–H and O–H groups in total. The molecule has 7 heteroatoms. The van der Waals surface area contributed by atoms with Crippen LogP contribution in [0.4, 0.5) is 0 Å². The zero-order valence-electron chi connectivity index (χ0n) is 20.0. The molecule has 6 nitrogen and oxygen atoms in total. The van der Waals surface area contributed by atoms with Crippen molar-refractivity contribution in [3.63, 3.8) is 0 Å². The summed E-state index contributed by atoms with van der Waals surface area (Å²) in [7, 11) is 3.20. The molecule has 0 unspecified atom stereocenters. The summed E-state index contributed by atoms with van der Waals surface area (Å²) in [6.07, 6.45) is 0. The monoisotopic (exact) mass is 512 g/mol. The van der Waals surface area contributed by atoms with Crippen molar-refractivity contribution < 1.29 is 28.5 Å². The van der Waals surface area contributed by atoms with Crippen molar-refractivity contribution in [2.45, 2.75) is 0 Å². The minimum Gasteiger partial charge on any atom is -0.497 e. The first-order valence-electron chi connectivity index (χ1n) is 11.3. The molecule has 0 saturated carbocycles. The molecule has 5 aromatic carbocycles. The predicted molar refractivity (Wildman–Crippen MR) is 142 cm³/mol. The van der Waals surface area contributed by atoms with Crippen molar-refractivity contribution >= 4 is 45.1 Å². The van der Waals surface area contributed by atoms with Crippen molar-refractivity contribution in [1.82, 2.24) is 0 Å². The summed E-state index contributed by atoms with van der Waals surface area (Å²) >= 11 is 6.33. The molecule has 5 rings (SSSR count). The van der Waals surface area contributed by atoms with E-state index in [2.05, 4.69) is 0 Å². The molecule has 5 aromatic rings. The van der Waals surface area contributed by atoms with Crippen LogP contribution >= 0.6 is 11.6 Å². The summed E-state index contributed by atoms with van der Waals surface area (Å²) in [5, 5.41) is 3.76. The summed E-state index contributed by atoms with van der Waals surface area (Å²) in [4.78, 5) is 25.4. The van der Waals surface area contributed by atoms with Gasteiger partial charge in [0.2, 0.25) is 0 Å². The van der Waals surface area contributed by atoms with E-state index in [9.17, 15) is 9.59 Å². The lowest BCUT2D eigenvalue weighted by atomic mass is 10.1. The van der Waals surface area contributed by atoms with Crippen molar-refractivity contribution in [2.24, 2.45) is 0 Å². The Kier molecular flexibility index (Phi) is 6.66. The van der Waals surface area contributed by atoms with E-state index in [0.717, 1.165) is 33.0 Å². The highest BCUT2D eigenvalue weighted by Gasteiger charge is 2.15. The molecule has 0 fully saturated rings. The van der Waals surface area contributed by atoms with E-state index in [4.69, 9.17) is 30.5 Å². The Bertz CT molecular complexity index is 1660. The Morgan fingerprint density at radius 1 is 0.541 bits per heavy atom. The van der Waals surface area contributed by atoms with E-state index >= 15 is 0 Å². The number of carbonyl (C=O) groups excluding carboxylic acids is 2. The number of hydrogen-bond acceptors (Lipinski definition) is 6. The highest BCUT2D eigenvalue weighted by atomic mass is 35.5. The molecule has 0 aromatic heterocycles. The van der Waals surface area contributed by atoms with Crippen molar-refractivity contribution in [3.8, 4) is 23.0 Å². The van der Waals surface area contributed by atoms with Crippen LogP contribution in [-0.4, -0.2) is 26.2 Å². The quantitative estimate of drug-likeness (QED) is 0.178. The second-order valence-electron chi connectivity index (χ2n) is 8.23. The van der Waals surface area contributed by atoms with Crippen LogP contribution < -0.4 is 18.9 Å². The first-order valence-corrected chi connectivity index (χ1v) is 11.7. The first kappa shape index (κ1) is 24.2. The van der Waals surface area contributed by atoms with Gasteiger partial charge in [0.15, 0.2) is 0 Å². The molecule has 0 saturated heterocycles. The highest BCUT2D eigenvalue weighted by molar-refractivity contribution is 6.32. The van der Waals surface area contributed by atoms with Crippen LogP contribution in [0.15, 0.2) is 91.0 Å². The largest absolute Gasteiger partial charge is 0.497 e. The molecule has 0 amide bonds. The number of benzene rings is 5. The van der Waals surface area contributed by atoms with Gasteiger partial charge >= 0.3 is 11.9 Å². The summed E-state index contributed by atoms with van der Waals surface area (Å²) in [5.41, 5.74) is 0.761. The fraction of sp³-hybridized carbons (Fsp3) is 0.0667. The number of carbonyl (C=O) groups is 2. The summed E-state index contributed by atoms with van der Waals surface area (Å²) < 4.78 is 21.4. The lowest BCUT2D eigenvalue weighted by molar-refractivity contribution is 0.0719. The zero-order valence-corrected chi connectivity index (χ0v) is 20.7. The summed E-state index contributed by atoms with van der Waals surface area (Å²) in [6.45, 7) is 0. The van der Waals surface area contributed by atoms with Gasteiger partial charge < -0.3 is 18.9 Å². The van der Waals surface area contributed by atoms with Gasteiger partial charge in [0.05, 0.1) is 30.4 Å². The van der Waals surface area contributed by atoms with Gasteiger partial charge in [-0.05, 0) is 82.2 Å². The first-order chi connectivity index (χ1) is 17.9. The Hall–Kier alpha value is -4.55. The van der Waals surface area contributed by atoms with Gasteiger partial charge in [-0.3, -0.25) is 0 Å². The maximum atomic E-state index is 12.7. The third kappa shape index (κ3) is 5.20. The molecule has 0 aliphatic heterocycles. The van der Waals surface area contributed by atoms with Gasteiger partial charge in [0, 0.05) is 6.07 Å². The second kappa shape index (κ2) is 10.2. The number of fused-ring (bicyclic) bond motifs is 2. The van der Waals surface area contributed by atoms with Crippen LogP contribution in [-0.2, 0) is 0 Å². The fourth-order valence-corrected chi connectivity index (χ4v) is 4.12. The molecule has 0 heterocycles. The van der Waals surface area contributed by atoms with E-state index < -0.39 is 11.9 Å². The highest BCUT2D eigenvalue weighted by Crippen LogP contribution is 2.31. The zero-order chi connectivity index (χ0) is 25.9. The maximum absolute atomic E-state index is 12.7. The lowest BCUT2D eigenvalue weighted by Crippen LogP contribution is -2.10. The third-order valence-electron chi connectivity index (χ3n) is 5.88. The minimum absolute atomic E-state index is 0.134. The number of hydrogen-bond donors (Lipinski definition) is 0. The lowest BCUT2D eigenvalue weighted by Gasteiger charge is -2.10. The molecular weight excluding hydrogens is 492 g/mol. The van der Waals surface area contributed by atoms with Gasteiger partial charge in [-0.25, -0.2) is 9.59 Å². The Balaban J connectivity index is 1.28. The predicted octanol–water partition coefficient (Wildman–Crippen LogP) is 7.10. The Labute approximate surface area is 217 Å². The Morgan fingerprint density at radius 2 is 1.00 bits per heavy atom. The minimum atomic E-state index is -0.558. The number of rotatable bonds is 6. The normalized spacial score (nSPS) is 10.8. The number of esters is 2. The molecule has 0 radical (unpaired) electrons. The molecule has 0 aliphatic carbocycles. The van der Waals surface area contributed by atoms with E-state index in [1.165, 1.54) is 18.2 Å². The van der Waals surface area contributed by atoms with E-state index in [0.29, 0.717) is 11.1 Å². The Morgan fingerprint density at radius 3 is 1.51 bits per heavy atom. The van der Waals surface area contributed by atoms with Gasteiger partial charge in [0.25, 0.3) is 0 Å². The number of ether oxygens (including phenoxy) is 4. The fourth-order valence-electron chi connectivity index (χ4n) is 3.91. The molecule has 184 valence electrons. The van der Waals surface area contributed by atoms with Crippen LogP contribution in [0.1, 0.15) is 20.7 Å². The van der Waals surface area contributed by atoms with Gasteiger partial charge in [0.1, 0.15) is 23.0 Å². The SMILES string of the molecule is COc1ccc2cc(C(=O)Oc3ccc(OC(=O)c4ccc5cc(OC)ccc5c4)c(Cl)c3)ccc2c1. The molecular formula is C30H21ClO6. The van der Waals surface area contributed by atoms with Crippen LogP contribution in [0.2, 0.25) is 5.02 Å². The molecule has 0 bridgehead atoms. The van der Waals surface area contributed by atoms with Crippen LogP contribution in [0.5, 0.6) is 23.0 Å². The number of methoxy groups -OCH3 is 2. The van der Waals surface area contributed by atoms with E-state index in [-0.39, 0.29) is 16.5 Å². The van der Waals surface area contributed by atoms with Crippen LogP contribution in [0.3, 0.4) is 0 Å². The average Bonchev–Trinajstić information content (AvgIpc) is 2.93. The van der Waals surface area contributed by atoms with Crippen molar-refractivity contribution in [2.75, 3.05) is 14.2 Å². The number of halogens is 1. The van der Waals surface area contributed by atoms with E-state index in [1.54, 1.807) is 38.5 Å². The van der Waals surface area contributed by atoms with Gasteiger partial charge in [-0.1, -0.05) is 35.9 Å². The average molecular weight is 513 g/mol. The van der Waals surface area contributed by atoms with E-state index in [1.807, 2.05) is 48.5 Å². The van der Waals surface area contributed by atoms with Crippen LogP contribution in [0, 0.1) is 0 Å². The van der Waals surface area contributed by atoms with Gasteiger partial charge in [-0.2, -0.15) is 0 Å².